The van der Waals surface area contributed by atoms with Crippen molar-refractivity contribution >= 4 is 17.9 Å². The molecule has 2 N–H and O–H groups in total. The van der Waals surface area contributed by atoms with Crippen molar-refractivity contribution in [1.29, 1.82) is 0 Å². The Morgan fingerprint density at radius 3 is 2.67 bits per heavy atom. The molecule has 0 aliphatic heterocycles. The summed E-state index contributed by atoms with van der Waals surface area (Å²) in [4.78, 5) is 28.4. The van der Waals surface area contributed by atoms with Crippen molar-refractivity contribution in [2.45, 2.75) is 6.92 Å². The molecular weight excluding hydrogens is 318 g/mol. The van der Waals surface area contributed by atoms with Crippen molar-refractivity contribution < 1.29 is 14.4 Å². The summed E-state index contributed by atoms with van der Waals surface area (Å²) >= 11 is 0. The summed E-state index contributed by atoms with van der Waals surface area (Å²) in [5.74, 6) is 0.388. The van der Waals surface area contributed by atoms with Gasteiger partial charge in [-0.1, -0.05) is 0 Å². The van der Waals surface area contributed by atoms with E-state index < -0.39 is 4.92 Å². The largest absolute Gasteiger partial charge is 0.493 e. The van der Waals surface area contributed by atoms with Crippen LogP contribution < -0.4 is 20.5 Å². The molecule has 126 valence electrons. The van der Waals surface area contributed by atoms with Gasteiger partial charge in [-0.15, -0.1) is 0 Å². The van der Waals surface area contributed by atoms with E-state index in [-0.39, 0.29) is 28.7 Å². The number of anilines is 1. The molecule has 0 bridgehead atoms. The molecule has 10 nitrogen and oxygen atoms in total. The van der Waals surface area contributed by atoms with Crippen LogP contribution in [-0.2, 0) is 0 Å². The van der Waals surface area contributed by atoms with Crippen LogP contribution in [0, 0.1) is 17.0 Å². The molecule has 2 aromatic rings. The number of nitro groups is 1. The highest BCUT2D eigenvalue weighted by Crippen LogP contribution is 2.37. The Hall–Kier alpha value is -3.43. The molecule has 0 fully saturated rings. The number of nitro benzene ring substituents is 1. The normalized spacial score (nSPS) is 10.6. The topological polar surface area (TPSA) is 132 Å². The van der Waals surface area contributed by atoms with Gasteiger partial charge in [-0.2, -0.15) is 5.10 Å². The number of H-pyrrole nitrogens is 1. The lowest BCUT2D eigenvalue weighted by Gasteiger charge is -2.08. The number of aromatic amines is 1. The van der Waals surface area contributed by atoms with Gasteiger partial charge in [0.05, 0.1) is 25.4 Å². The minimum atomic E-state index is -0.578. The fourth-order valence-corrected chi connectivity index (χ4v) is 1.98. The average molecular weight is 333 g/mol. The number of rotatable bonds is 6. The molecule has 0 atom stereocenters. The molecule has 0 aliphatic rings. The van der Waals surface area contributed by atoms with Gasteiger partial charge < -0.3 is 9.47 Å². The number of hydrogen-bond donors (Lipinski definition) is 2. The first-order valence-electron chi connectivity index (χ1n) is 6.72. The fourth-order valence-electron chi connectivity index (χ4n) is 1.98. The van der Waals surface area contributed by atoms with Gasteiger partial charge in [0.2, 0.25) is 11.7 Å². The molecule has 0 radical (unpaired) electrons. The Balaban J connectivity index is 2.30. The van der Waals surface area contributed by atoms with Crippen LogP contribution in [0.15, 0.2) is 28.1 Å². The second-order valence-electron chi connectivity index (χ2n) is 4.64. The number of ether oxygens (including phenoxy) is 2. The van der Waals surface area contributed by atoms with Crippen molar-refractivity contribution in [2.75, 3.05) is 19.6 Å². The third-order valence-corrected chi connectivity index (χ3v) is 2.93. The van der Waals surface area contributed by atoms with E-state index in [0.29, 0.717) is 11.3 Å². The van der Waals surface area contributed by atoms with Crippen molar-refractivity contribution in [1.82, 2.24) is 9.97 Å². The first kappa shape index (κ1) is 16.9. The molecule has 0 saturated carbocycles. The highest BCUT2D eigenvalue weighted by atomic mass is 16.6. The van der Waals surface area contributed by atoms with Gasteiger partial charge in [0.25, 0.3) is 5.56 Å². The first-order chi connectivity index (χ1) is 11.4. The maximum Gasteiger partial charge on any atom is 0.315 e. The summed E-state index contributed by atoms with van der Waals surface area (Å²) in [7, 11) is 2.70. The molecule has 1 heterocycles. The van der Waals surface area contributed by atoms with Crippen LogP contribution >= 0.6 is 0 Å². The van der Waals surface area contributed by atoms with Gasteiger partial charge in [-0.05, 0) is 13.0 Å². The number of aryl methyl sites for hydroxylation is 1. The third kappa shape index (κ3) is 3.85. The molecule has 0 unspecified atom stereocenters. The molecule has 10 heteroatoms. The molecule has 0 aliphatic carbocycles. The van der Waals surface area contributed by atoms with Gasteiger partial charge >= 0.3 is 5.69 Å². The van der Waals surface area contributed by atoms with E-state index in [0.717, 1.165) is 0 Å². The Kier molecular flexibility index (Phi) is 5.09. The molecule has 0 amide bonds. The summed E-state index contributed by atoms with van der Waals surface area (Å²) in [5.41, 5.74) is 2.91. The lowest BCUT2D eigenvalue weighted by molar-refractivity contribution is -0.385. The monoisotopic (exact) mass is 333 g/mol. The lowest BCUT2D eigenvalue weighted by Crippen LogP contribution is -2.10. The smallest absolute Gasteiger partial charge is 0.315 e. The van der Waals surface area contributed by atoms with E-state index in [9.17, 15) is 14.9 Å². The Bertz CT molecular complexity index is 846. The van der Waals surface area contributed by atoms with Crippen molar-refractivity contribution in [2.24, 2.45) is 5.10 Å². The van der Waals surface area contributed by atoms with Gasteiger partial charge in [-0.25, -0.2) is 10.4 Å². The van der Waals surface area contributed by atoms with Crippen molar-refractivity contribution in [3.05, 3.63) is 49.9 Å². The maximum atomic E-state index is 11.3. The second kappa shape index (κ2) is 7.22. The zero-order valence-corrected chi connectivity index (χ0v) is 13.2. The Labute approximate surface area is 136 Å². The van der Waals surface area contributed by atoms with Crippen molar-refractivity contribution in [3.8, 4) is 11.5 Å². The molecule has 0 spiro atoms. The summed E-state index contributed by atoms with van der Waals surface area (Å²) < 4.78 is 10.1. The van der Waals surface area contributed by atoms with Crippen LogP contribution in [0.3, 0.4) is 0 Å². The number of methoxy groups -OCH3 is 2. The quantitative estimate of drug-likeness (QED) is 0.464. The number of nitrogens with one attached hydrogen (secondary N) is 2. The minimum Gasteiger partial charge on any atom is -0.493 e. The van der Waals surface area contributed by atoms with E-state index in [4.69, 9.17) is 9.47 Å². The summed E-state index contributed by atoms with van der Waals surface area (Å²) in [6, 6.07) is 4.16. The molecule has 0 saturated heterocycles. The predicted molar refractivity (Wildman–Crippen MR) is 87.0 cm³/mol. The highest BCUT2D eigenvalue weighted by molar-refractivity contribution is 5.83. The SMILES string of the molecule is COc1cc(/C=N\Nc2nc(C)cc(=O)[nH]2)cc([N+](=O)[O-])c1OC. The Morgan fingerprint density at radius 1 is 1.33 bits per heavy atom. The number of aromatic nitrogens is 2. The average Bonchev–Trinajstić information content (AvgIpc) is 2.52. The van der Waals surface area contributed by atoms with E-state index in [2.05, 4.69) is 20.5 Å². The summed E-state index contributed by atoms with van der Waals surface area (Å²) in [6.45, 7) is 1.67. The predicted octanol–water partition coefficient (Wildman–Crippen LogP) is 1.45. The zero-order chi connectivity index (χ0) is 17.7. The molecule has 2 rings (SSSR count). The first-order valence-corrected chi connectivity index (χ1v) is 6.72. The minimum absolute atomic E-state index is 0.0253. The van der Waals surface area contributed by atoms with Crippen LogP contribution in [0.1, 0.15) is 11.3 Å². The Morgan fingerprint density at radius 2 is 2.08 bits per heavy atom. The number of nitrogens with zero attached hydrogens (tertiary/aromatic N) is 3. The molecule has 24 heavy (non-hydrogen) atoms. The van der Waals surface area contributed by atoms with Crippen LogP contribution in [0.2, 0.25) is 0 Å². The molecular formula is C14H15N5O5. The number of hydrazone groups is 1. The highest BCUT2D eigenvalue weighted by Gasteiger charge is 2.21. The van der Waals surface area contributed by atoms with Crippen molar-refractivity contribution in [3.63, 3.8) is 0 Å². The number of hydrogen-bond acceptors (Lipinski definition) is 8. The zero-order valence-electron chi connectivity index (χ0n) is 13.2. The molecule has 1 aromatic carbocycles. The molecule has 1 aromatic heterocycles. The van der Waals surface area contributed by atoms with Crippen LogP contribution in [0.25, 0.3) is 0 Å². The van der Waals surface area contributed by atoms with E-state index in [1.807, 2.05) is 0 Å². The van der Waals surface area contributed by atoms with Crippen LogP contribution in [-0.4, -0.2) is 35.3 Å². The van der Waals surface area contributed by atoms with E-state index >= 15 is 0 Å². The van der Waals surface area contributed by atoms with Gasteiger partial charge in [0.1, 0.15) is 0 Å². The van der Waals surface area contributed by atoms with Crippen LogP contribution in [0.4, 0.5) is 11.6 Å². The third-order valence-electron chi connectivity index (χ3n) is 2.93. The second-order valence-corrected chi connectivity index (χ2v) is 4.64. The standard InChI is InChI=1S/C14H15N5O5/c1-8-4-12(20)17-14(16-8)18-15-7-9-5-10(19(21)22)13(24-3)11(6-9)23-2/h4-7H,1-3H3,(H2,16,17,18,20)/b15-7-. The van der Waals surface area contributed by atoms with Gasteiger partial charge in [0, 0.05) is 23.4 Å². The van der Waals surface area contributed by atoms with Gasteiger partial charge in [0.15, 0.2) is 5.75 Å². The van der Waals surface area contributed by atoms with E-state index in [1.54, 1.807) is 6.92 Å². The maximum absolute atomic E-state index is 11.3. The van der Waals surface area contributed by atoms with Gasteiger partial charge in [-0.3, -0.25) is 19.9 Å². The van der Waals surface area contributed by atoms with E-state index in [1.165, 1.54) is 38.6 Å². The lowest BCUT2D eigenvalue weighted by atomic mass is 10.2. The van der Waals surface area contributed by atoms with Crippen LogP contribution in [0.5, 0.6) is 11.5 Å². The fraction of sp³-hybridized carbons (Fsp3) is 0.214. The summed E-state index contributed by atoms with van der Waals surface area (Å²) in [5, 5.41) is 15.0. The summed E-state index contributed by atoms with van der Waals surface area (Å²) in [6.07, 6.45) is 1.33. The number of benzene rings is 1.